The van der Waals surface area contributed by atoms with Crippen molar-refractivity contribution in [1.29, 1.82) is 0 Å². The molecule has 0 aliphatic carbocycles. The standard InChI is InChI=1S/C13H14N4O2/c1-9-4-3-5-12(13(9)17(18)19)15-8-11-6-7-14-10(2)16-11/h3-7,15H,8H2,1-2H3. The molecule has 1 heterocycles. The molecule has 0 aliphatic heterocycles. The van der Waals surface area contributed by atoms with Crippen molar-refractivity contribution in [2.45, 2.75) is 20.4 Å². The minimum absolute atomic E-state index is 0.105. The molecule has 0 saturated heterocycles. The van der Waals surface area contributed by atoms with Gasteiger partial charge in [0.1, 0.15) is 11.5 Å². The van der Waals surface area contributed by atoms with Gasteiger partial charge in [-0.25, -0.2) is 9.97 Å². The summed E-state index contributed by atoms with van der Waals surface area (Å²) in [5, 5.41) is 14.1. The SMILES string of the molecule is Cc1nccc(CNc2cccc(C)c2[N+](=O)[O-])n1. The van der Waals surface area contributed by atoms with Crippen LogP contribution in [0.1, 0.15) is 17.1 Å². The fourth-order valence-corrected chi connectivity index (χ4v) is 1.83. The van der Waals surface area contributed by atoms with E-state index < -0.39 is 0 Å². The lowest BCUT2D eigenvalue weighted by molar-refractivity contribution is -0.384. The summed E-state index contributed by atoms with van der Waals surface area (Å²) >= 11 is 0. The van der Waals surface area contributed by atoms with Gasteiger partial charge in [-0.2, -0.15) is 0 Å². The van der Waals surface area contributed by atoms with Gasteiger partial charge in [0, 0.05) is 11.8 Å². The molecule has 0 radical (unpaired) electrons. The van der Waals surface area contributed by atoms with Gasteiger partial charge in [-0.1, -0.05) is 12.1 Å². The second-order valence-electron chi connectivity index (χ2n) is 4.18. The number of para-hydroxylation sites is 1. The van der Waals surface area contributed by atoms with Crippen molar-refractivity contribution in [1.82, 2.24) is 9.97 Å². The Morgan fingerprint density at radius 2 is 2.11 bits per heavy atom. The largest absolute Gasteiger partial charge is 0.374 e. The fraction of sp³-hybridized carbons (Fsp3) is 0.231. The van der Waals surface area contributed by atoms with Crippen LogP contribution in [-0.4, -0.2) is 14.9 Å². The van der Waals surface area contributed by atoms with Crippen LogP contribution < -0.4 is 5.32 Å². The Kier molecular flexibility index (Phi) is 3.70. The molecule has 2 aromatic rings. The van der Waals surface area contributed by atoms with Crippen molar-refractivity contribution in [3.63, 3.8) is 0 Å². The van der Waals surface area contributed by atoms with Gasteiger partial charge in [-0.3, -0.25) is 10.1 Å². The van der Waals surface area contributed by atoms with Crippen molar-refractivity contribution < 1.29 is 4.92 Å². The van der Waals surface area contributed by atoms with Gasteiger partial charge >= 0.3 is 0 Å². The normalized spacial score (nSPS) is 10.2. The third-order valence-electron chi connectivity index (χ3n) is 2.71. The van der Waals surface area contributed by atoms with Crippen molar-refractivity contribution in [2.75, 3.05) is 5.32 Å². The van der Waals surface area contributed by atoms with E-state index in [2.05, 4.69) is 15.3 Å². The van der Waals surface area contributed by atoms with Crippen LogP contribution in [0.4, 0.5) is 11.4 Å². The first kappa shape index (κ1) is 12.9. The van der Waals surface area contributed by atoms with Crippen molar-refractivity contribution >= 4 is 11.4 Å². The highest BCUT2D eigenvalue weighted by Crippen LogP contribution is 2.28. The Balaban J connectivity index is 2.20. The summed E-state index contributed by atoms with van der Waals surface area (Å²) in [6.45, 7) is 3.95. The topological polar surface area (TPSA) is 81.0 Å². The molecule has 19 heavy (non-hydrogen) atoms. The van der Waals surface area contributed by atoms with E-state index in [4.69, 9.17) is 0 Å². The Morgan fingerprint density at radius 3 is 2.79 bits per heavy atom. The number of nitrogens with zero attached hydrogens (tertiary/aromatic N) is 3. The van der Waals surface area contributed by atoms with Gasteiger partial charge in [0.25, 0.3) is 5.69 Å². The molecule has 6 heteroatoms. The van der Waals surface area contributed by atoms with Gasteiger partial charge in [0.2, 0.25) is 0 Å². The summed E-state index contributed by atoms with van der Waals surface area (Å²) in [4.78, 5) is 18.9. The molecule has 1 N–H and O–H groups in total. The van der Waals surface area contributed by atoms with Gasteiger partial charge in [0.05, 0.1) is 17.2 Å². The molecule has 2 rings (SSSR count). The lowest BCUT2D eigenvalue weighted by Crippen LogP contribution is -2.06. The van der Waals surface area contributed by atoms with Crippen LogP contribution in [0.25, 0.3) is 0 Å². The number of aryl methyl sites for hydroxylation is 2. The smallest absolute Gasteiger partial charge is 0.295 e. The van der Waals surface area contributed by atoms with E-state index in [0.717, 1.165) is 5.69 Å². The quantitative estimate of drug-likeness (QED) is 0.673. The highest BCUT2D eigenvalue weighted by atomic mass is 16.6. The Bertz CT molecular complexity index is 613. The molecule has 6 nitrogen and oxygen atoms in total. The fourth-order valence-electron chi connectivity index (χ4n) is 1.83. The average molecular weight is 258 g/mol. The molecule has 0 aliphatic rings. The van der Waals surface area contributed by atoms with Crippen LogP contribution in [0.2, 0.25) is 0 Å². The number of nitrogens with one attached hydrogen (secondary N) is 1. The van der Waals surface area contributed by atoms with Gasteiger partial charge in [0.15, 0.2) is 0 Å². The van der Waals surface area contributed by atoms with Gasteiger partial charge in [-0.05, 0) is 26.0 Å². The zero-order chi connectivity index (χ0) is 13.8. The van der Waals surface area contributed by atoms with E-state index in [1.165, 1.54) is 0 Å². The maximum atomic E-state index is 11.0. The lowest BCUT2D eigenvalue weighted by Gasteiger charge is -2.08. The maximum absolute atomic E-state index is 11.0. The average Bonchev–Trinajstić information content (AvgIpc) is 2.36. The number of rotatable bonds is 4. The summed E-state index contributed by atoms with van der Waals surface area (Å²) in [6.07, 6.45) is 1.67. The lowest BCUT2D eigenvalue weighted by atomic mass is 10.1. The molecule has 0 spiro atoms. The highest BCUT2D eigenvalue weighted by Gasteiger charge is 2.16. The number of nitro groups is 1. The Hall–Kier alpha value is -2.50. The summed E-state index contributed by atoms with van der Waals surface area (Å²) in [5.74, 6) is 0.679. The maximum Gasteiger partial charge on any atom is 0.295 e. The first-order chi connectivity index (χ1) is 9.08. The summed E-state index contributed by atoms with van der Waals surface area (Å²) in [6, 6.07) is 6.98. The summed E-state index contributed by atoms with van der Waals surface area (Å²) in [5.41, 5.74) is 2.03. The minimum atomic E-state index is -0.372. The first-order valence-corrected chi connectivity index (χ1v) is 5.84. The summed E-state index contributed by atoms with van der Waals surface area (Å²) < 4.78 is 0. The van der Waals surface area contributed by atoms with Crippen LogP contribution in [0.3, 0.4) is 0 Å². The van der Waals surface area contributed by atoms with Crippen LogP contribution in [0, 0.1) is 24.0 Å². The van der Waals surface area contributed by atoms with Crippen LogP contribution in [0.5, 0.6) is 0 Å². The summed E-state index contributed by atoms with van der Waals surface area (Å²) in [7, 11) is 0. The number of hydrogen-bond donors (Lipinski definition) is 1. The first-order valence-electron chi connectivity index (χ1n) is 5.84. The molecule has 0 amide bonds. The van der Waals surface area contributed by atoms with E-state index in [1.54, 1.807) is 44.3 Å². The van der Waals surface area contributed by atoms with Crippen LogP contribution in [0.15, 0.2) is 30.5 Å². The third kappa shape index (κ3) is 3.04. The molecule has 1 aromatic carbocycles. The van der Waals surface area contributed by atoms with Crippen LogP contribution >= 0.6 is 0 Å². The van der Waals surface area contributed by atoms with Crippen molar-refractivity contribution in [3.8, 4) is 0 Å². The predicted octanol–water partition coefficient (Wildman–Crippen LogP) is 2.61. The van der Waals surface area contributed by atoms with E-state index in [0.29, 0.717) is 23.6 Å². The van der Waals surface area contributed by atoms with Crippen molar-refractivity contribution in [2.24, 2.45) is 0 Å². The molecule has 0 unspecified atom stereocenters. The second-order valence-corrected chi connectivity index (χ2v) is 4.18. The van der Waals surface area contributed by atoms with E-state index in [9.17, 15) is 10.1 Å². The number of aromatic nitrogens is 2. The molecular weight excluding hydrogens is 244 g/mol. The highest BCUT2D eigenvalue weighted by molar-refractivity contribution is 5.64. The van der Waals surface area contributed by atoms with E-state index in [-0.39, 0.29) is 10.6 Å². The Morgan fingerprint density at radius 1 is 1.32 bits per heavy atom. The van der Waals surface area contributed by atoms with Gasteiger partial charge < -0.3 is 5.32 Å². The number of benzene rings is 1. The number of hydrogen-bond acceptors (Lipinski definition) is 5. The molecule has 0 saturated carbocycles. The molecule has 0 atom stereocenters. The van der Waals surface area contributed by atoms with Crippen LogP contribution in [-0.2, 0) is 6.54 Å². The Labute approximate surface area is 110 Å². The zero-order valence-corrected chi connectivity index (χ0v) is 10.8. The molecule has 1 aromatic heterocycles. The zero-order valence-electron chi connectivity index (χ0n) is 10.8. The van der Waals surface area contributed by atoms with E-state index in [1.807, 2.05) is 0 Å². The predicted molar refractivity (Wildman–Crippen MR) is 71.9 cm³/mol. The van der Waals surface area contributed by atoms with Crippen molar-refractivity contribution in [3.05, 3.63) is 57.7 Å². The van der Waals surface area contributed by atoms with E-state index >= 15 is 0 Å². The molecule has 98 valence electrons. The molecule has 0 bridgehead atoms. The second kappa shape index (κ2) is 5.43. The molecule has 0 fully saturated rings. The molecular formula is C13H14N4O2. The number of nitro benzene ring substituents is 1. The number of anilines is 1. The third-order valence-corrected chi connectivity index (χ3v) is 2.71. The van der Waals surface area contributed by atoms with Gasteiger partial charge in [-0.15, -0.1) is 0 Å². The minimum Gasteiger partial charge on any atom is -0.374 e. The monoisotopic (exact) mass is 258 g/mol.